The number of pyridine rings is 1. The first-order valence-corrected chi connectivity index (χ1v) is 6.59. The summed E-state index contributed by atoms with van der Waals surface area (Å²) < 4.78 is 2.53. The first-order valence-electron chi connectivity index (χ1n) is 6.59. The molecule has 6 heteroatoms. The number of rotatable bonds is 1. The van der Waals surface area contributed by atoms with Crippen LogP contribution in [-0.2, 0) is 14.1 Å². The first kappa shape index (κ1) is 13.4. The van der Waals surface area contributed by atoms with Gasteiger partial charge in [0, 0.05) is 33.6 Å². The highest BCUT2D eigenvalue weighted by atomic mass is 16.2. The van der Waals surface area contributed by atoms with Crippen molar-refractivity contribution in [3.05, 3.63) is 45.1 Å². The van der Waals surface area contributed by atoms with Crippen LogP contribution in [-0.4, -0.2) is 28.2 Å². The lowest BCUT2D eigenvalue weighted by atomic mass is 10.1. The fraction of sp³-hybridized carbons (Fsp3) is 0.267. The van der Waals surface area contributed by atoms with Crippen LogP contribution in [0.3, 0.4) is 0 Å². The van der Waals surface area contributed by atoms with Gasteiger partial charge < -0.3 is 4.90 Å². The van der Waals surface area contributed by atoms with Gasteiger partial charge in [-0.1, -0.05) is 18.2 Å². The van der Waals surface area contributed by atoms with Gasteiger partial charge in [-0.25, -0.2) is 9.78 Å². The smallest absolute Gasteiger partial charge is 0.332 e. The summed E-state index contributed by atoms with van der Waals surface area (Å²) >= 11 is 0. The molecule has 0 unspecified atom stereocenters. The fourth-order valence-electron chi connectivity index (χ4n) is 2.66. The molecule has 0 spiro atoms. The maximum atomic E-state index is 12.6. The number of benzene rings is 1. The van der Waals surface area contributed by atoms with Crippen LogP contribution in [0.2, 0.25) is 0 Å². The Morgan fingerprint density at radius 3 is 2.38 bits per heavy atom. The molecule has 0 aliphatic heterocycles. The van der Waals surface area contributed by atoms with Gasteiger partial charge in [0.1, 0.15) is 5.39 Å². The zero-order valence-electron chi connectivity index (χ0n) is 12.4. The predicted molar refractivity (Wildman–Crippen MR) is 84.1 cm³/mol. The lowest BCUT2D eigenvalue weighted by Gasteiger charge is -2.19. The van der Waals surface area contributed by atoms with Gasteiger partial charge in [-0.2, -0.15) is 0 Å². The van der Waals surface area contributed by atoms with Crippen molar-refractivity contribution in [2.24, 2.45) is 14.1 Å². The lowest BCUT2D eigenvalue weighted by molar-refractivity contribution is 0.708. The van der Waals surface area contributed by atoms with E-state index in [1.807, 2.05) is 43.3 Å². The minimum atomic E-state index is -0.375. The number of aryl methyl sites for hydroxylation is 1. The zero-order chi connectivity index (χ0) is 15.3. The maximum absolute atomic E-state index is 12.6. The van der Waals surface area contributed by atoms with Crippen molar-refractivity contribution in [2.75, 3.05) is 19.0 Å². The van der Waals surface area contributed by atoms with Gasteiger partial charge in [0.05, 0.1) is 11.2 Å². The standard InChI is InChI=1S/C15H16N4O2/c1-17(2)12-9-7-5-6-8-10(9)16-13-11(12)14(20)19(4)15(21)18(13)3/h5-8H,1-4H3. The summed E-state index contributed by atoms with van der Waals surface area (Å²) in [5, 5.41) is 1.36. The Kier molecular flexibility index (Phi) is 2.83. The van der Waals surface area contributed by atoms with Crippen LogP contribution in [0.1, 0.15) is 0 Å². The van der Waals surface area contributed by atoms with Crippen molar-refractivity contribution >= 4 is 27.6 Å². The molecule has 2 heterocycles. The summed E-state index contributed by atoms with van der Waals surface area (Å²) in [6, 6.07) is 7.61. The molecule has 0 N–H and O–H groups in total. The molecule has 0 saturated carbocycles. The van der Waals surface area contributed by atoms with E-state index in [2.05, 4.69) is 4.98 Å². The number of aromatic nitrogens is 3. The van der Waals surface area contributed by atoms with E-state index in [-0.39, 0.29) is 11.2 Å². The molecule has 0 amide bonds. The van der Waals surface area contributed by atoms with Gasteiger partial charge >= 0.3 is 5.69 Å². The summed E-state index contributed by atoms with van der Waals surface area (Å²) in [7, 11) is 6.88. The average Bonchev–Trinajstić information content (AvgIpc) is 2.48. The Labute approximate surface area is 120 Å². The Morgan fingerprint density at radius 1 is 1.05 bits per heavy atom. The lowest BCUT2D eigenvalue weighted by Crippen LogP contribution is -2.38. The van der Waals surface area contributed by atoms with Gasteiger partial charge in [-0.05, 0) is 6.07 Å². The molecule has 21 heavy (non-hydrogen) atoms. The first-order chi connectivity index (χ1) is 9.93. The molecule has 3 aromatic rings. The Bertz CT molecular complexity index is 983. The third-order valence-corrected chi connectivity index (χ3v) is 3.70. The molecule has 2 aromatic heterocycles. The van der Waals surface area contributed by atoms with Crippen LogP contribution in [0, 0.1) is 0 Å². The topological polar surface area (TPSA) is 60.1 Å². The number of nitrogens with zero attached hydrogens (tertiary/aromatic N) is 4. The van der Waals surface area contributed by atoms with Crippen LogP contribution in [0.15, 0.2) is 33.9 Å². The molecule has 108 valence electrons. The summed E-state index contributed by atoms with van der Waals surface area (Å²) in [6.07, 6.45) is 0. The highest BCUT2D eigenvalue weighted by Crippen LogP contribution is 2.29. The average molecular weight is 284 g/mol. The van der Waals surface area contributed by atoms with Crippen LogP contribution in [0.25, 0.3) is 21.9 Å². The number of fused-ring (bicyclic) bond motifs is 2. The second-order valence-electron chi connectivity index (χ2n) is 5.28. The van der Waals surface area contributed by atoms with E-state index < -0.39 is 0 Å². The van der Waals surface area contributed by atoms with E-state index in [4.69, 9.17) is 0 Å². The quantitative estimate of drug-likeness (QED) is 0.622. The number of para-hydroxylation sites is 1. The number of anilines is 1. The van der Waals surface area contributed by atoms with E-state index in [1.54, 1.807) is 7.05 Å². The normalized spacial score (nSPS) is 11.2. The van der Waals surface area contributed by atoms with Gasteiger partial charge in [0.2, 0.25) is 0 Å². The SMILES string of the molecule is CN(C)c1c2ccccc2nc2c1c(=O)n(C)c(=O)n2C. The van der Waals surface area contributed by atoms with E-state index in [0.717, 1.165) is 21.2 Å². The van der Waals surface area contributed by atoms with Crippen molar-refractivity contribution in [3.63, 3.8) is 0 Å². The van der Waals surface area contributed by atoms with Crippen molar-refractivity contribution in [1.82, 2.24) is 14.1 Å². The molecule has 3 rings (SSSR count). The molecule has 0 fully saturated rings. The fourth-order valence-corrected chi connectivity index (χ4v) is 2.66. The molecule has 0 atom stereocenters. The van der Waals surface area contributed by atoms with Crippen molar-refractivity contribution in [3.8, 4) is 0 Å². The molecule has 0 aliphatic carbocycles. The second-order valence-corrected chi connectivity index (χ2v) is 5.28. The zero-order valence-corrected chi connectivity index (χ0v) is 12.4. The monoisotopic (exact) mass is 284 g/mol. The van der Waals surface area contributed by atoms with Gasteiger partial charge in [-0.3, -0.25) is 13.9 Å². The largest absolute Gasteiger partial charge is 0.376 e. The molecular formula is C15H16N4O2. The summed E-state index contributed by atoms with van der Waals surface area (Å²) in [4.78, 5) is 31.0. The van der Waals surface area contributed by atoms with Crippen LogP contribution in [0.5, 0.6) is 0 Å². The van der Waals surface area contributed by atoms with Crippen LogP contribution >= 0.6 is 0 Å². The minimum absolute atomic E-state index is 0.324. The maximum Gasteiger partial charge on any atom is 0.332 e. The minimum Gasteiger partial charge on any atom is -0.376 e. The Morgan fingerprint density at radius 2 is 1.71 bits per heavy atom. The Balaban J connectivity index is 2.75. The van der Waals surface area contributed by atoms with E-state index in [9.17, 15) is 9.59 Å². The van der Waals surface area contributed by atoms with Crippen molar-refractivity contribution < 1.29 is 0 Å². The predicted octanol–water partition coefficient (Wildman–Crippen LogP) is 0.851. The molecule has 0 bridgehead atoms. The highest BCUT2D eigenvalue weighted by Gasteiger charge is 2.18. The molecule has 0 radical (unpaired) electrons. The second kappa shape index (κ2) is 4.44. The molecule has 1 aromatic carbocycles. The summed E-state index contributed by atoms with van der Waals surface area (Å²) in [5.74, 6) is 0. The molecule has 0 saturated heterocycles. The van der Waals surface area contributed by atoms with Crippen molar-refractivity contribution in [2.45, 2.75) is 0 Å². The third-order valence-electron chi connectivity index (χ3n) is 3.70. The van der Waals surface area contributed by atoms with Gasteiger partial charge in [0.15, 0.2) is 5.65 Å². The van der Waals surface area contributed by atoms with E-state index in [0.29, 0.717) is 11.0 Å². The van der Waals surface area contributed by atoms with Crippen molar-refractivity contribution in [1.29, 1.82) is 0 Å². The third kappa shape index (κ3) is 1.75. The van der Waals surface area contributed by atoms with Gasteiger partial charge in [-0.15, -0.1) is 0 Å². The Hall–Kier alpha value is -2.63. The number of hydrogen-bond acceptors (Lipinski definition) is 4. The molecule has 6 nitrogen and oxygen atoms in total. The van der Waals surface area contributed by atoms with Crippen LogP contribution < -0.4 is 16.1 Å². The van der Waals surface area contributed by atoms with E-state index >= 15 is 0 Å². The molecular weight excluding hydrogens is 268 g/mol. The number of hydrogen-bond donors (Lipinski definition) is 0. The summed E-state index contributed by atoms with van der Waals surface area (Å²) in [5.41, 5.74) is 1.25. The molecule has 0 aliphatic rings. The van der Waals surface area contributed by atoms with Gasteiger partial charge in [0.25, 0.3) is 5.56 Å². The summed E-state index contributed by atoms with van der Waals surface area (Å²) in [6.45, 7) is 0. The van der Waals surface area contributed by atoms with E-state index in [1.165, 1.54) is 11.6 Å². The van der Waals surface area contributed by atoms with Crippen LogP contribution in [0.4, 0.5) is 5.69 Å². The highest BCUT2D eigenvalue weighted by molar-refractivity contribution is 6.06.